The van der Waals surface area contributed by atoms with E-state index >= 15 is 0 Å². The maximum Gasteiger partial charge on any atom is 0.419 e. The fourth-order valence-corrected chi connectivity index (χ4v) is 1.17. The zero-order chi connectivity index (χ0) is 10.9. The Bertz CT molecular complexity index is 345. The molecule has 0 bridgehead atoms. The molecular formula is C10H9F3O2. The Morgan fingerprint density at radius 2 is 2.00 bits per heavy atom. The summed E-state index contributed by atoms with van der Waals surface area (Å²) in [6, 6.07) is 5.16. The Labute approximate surface area is 84.6 Å². The largest absolute Gasteiger partial charge is 0.490 e. The van der Waals surface area contributed by atoms with E-state index in [4.69, 9.17) is 9.47 Å². The van der Waals surface area contributed by atoms with Crippen molar-refractivity contribution < 1.29 is 22.6 Å². The summed E-state index contributed by atoms with van der Waals surface area (Å²) in [6.45, 7) is 0.737. The van der Waals surface area contributed by atoms with Crippen molar-refractivity contribution in [1.29, 1.82) is 0 Å². The molecule has 1 unspecified atom stereocenters. The van der Waals surface area contributed by atoms with Crippen LogP contribution in [0.1, 0.15) is 5.56 Å². The first-order valence-corrected chi connectivity index (χ1v) is 4.48. The predicted octanol–water partition coefficient (Wildman–Crippen LogP) is 2.48. The second-order valence-corrected chi connectivity index (χ2v) is 3.26. The van der Waals surface area contributed by atoms with Gasteiger partial charge < -0.3 is 9.47 Å². The molecule has 0 radical (unpaired) electrons. The molecule has 5 heteroatoms. The van der Waals surface area contributed by atoms with Gasteiger partial charge in [-0.05, 0) is 12.1 Å². The Kier molecular flexibility index (Phi) is 2.56. The summed E-state index contributed by atoms with van der Waals surface area (Å²) >= 11 is 0. The van der Waals surface area contributed by atoms with Gasteiger partial charge in [-0.15, -0.1) is 0 Å². The maximum atomic E-state index is 12.5. The molecule has 1 saturated heterocycles. The van der Waals surface area contributed by atoms with Crippen LogP contribution in [0.2, 0.25) is 0 Å². The van der Waals surface area contributed by atoms with Gasteiger partial charge in [0.05, 0.1) is 12.2 Å². The van der Waals surface area contributed by atoms with Gasteiger partial charge in [0.25, 0.3) is 0 Å². The Hall–Kier alpha value is -1.23. The number of ether oxygens (including phenoxy) is 2. The van der Waals surface area contributed by atoms with Crippen LogP contribution in [-0.4, -0.2) is 19.3 Å². The molecule has 1 fully saturated rings. The van der Waals surface area contributed by atoms with E-state index in [1.165, 1.54) is 18.2 Å². The van der Waals surface area contributed by atoms with Crippen molar-refractivity contribution in [2.45, 2.75) is 12.3 Å². The van der Waals surface area contributed by atoms with E-state index in [9.17, 15) is 13.2 Å². The van der Waals surface area contributed by atoms with Gasteiger partial charge in [0, 0.05) is 0 Å². The average Bonchev–Trinajstić information content (AvgIpc) is 2.97. The second-order valence-electron chi connectivity index (χ2n) is 3.26. The van der Waals surface area contributed by atoms with E-state index in [0.29, 0.717) is 6.61 Å². The van der Waals surface area contributed by atoms with Gasteiger partial charge in [0.15, 0.2) is 0 Å². The van der Waals surface area contributed by atoms with Crippen LogP contribution in [0.25, 0.3) is 0 Å². The molecule has 0 aromatic heterocycles. The summed E-state index contributed by atoms with van der Waals surface area (Å²) in [6.07, 6.45) is -4.42. The smallest absolute Gasteiger partial charge is 0.419 e. The lowest BCUT2D eigenvalue weighted by Gasteiger charge is -2.12. The second kappa shape index (κ2) is 3.73. The summed E-state index contributed by atoms with van der Waals surface area (Å²) in [5.41, 5.74) is -0.745. The third-order valence-corrected chi connectivity index (χ3v) is 2.02. The van der Waals surface area contributed by atoms with Gasteiger partial charge in [-0.2, -0.15) is 13.2 Å². The molecule has 1 atom stereocenters. The van der Waals surface area contributed by atoms with Crippen molar-refractivity contribution in [2.24, 2.45) is 0 Å². The minimum absolute atomic E-state index is 0.0497. The normalized spacial score (nSPS) is 20.1. The molecular weight excluding hydrogens is 209 g/mol. The fourth-order valence-electron chi connectivity index (χ4n) is 1.17. The van der Waals surface area contributed by atoms with Gasteiger partial charge >= 0.3 is 6.18 Å². The highest BCUT2D eigenvalue weighted by atomic mass is 19.4. The van der Waals surface area contributed by atoms with Crippen molar-refractivity contribution in [3.05, 3.63) is 29.8 Å². The summed E-state index contributed by atoms with van der Waals surface area (Å²) in [4.78, 5) is 0. The highest BCUT2D eigenvalue weighted by Gasteiger charge is 2.34. The van der Waals surface area contributed by atoms with Crippen molar-refractivity contribution in [3.8, 4) is 5.75 Å². The summed E-state index contributed by atoms with van der Waals surface area (Å²) in [5, 5.41) is 0. The molecule has 1 aromatic carbocycles. The minimum atomic E-state index is -4.37. The van der Waals surface area contributed by atoms with Crippen LogP contribution in [0.4, 0.5) is 13.2 Å². The van der Waals surface area contributed by atoms with Crippen molar-refractivity contribution in [1.82, 2.24) is 0 Å². The van der Waals surface area contributed by atoms with Crippen LogP contribution in [0.3, 0.4) is 0 Å². The third-order valence-electron chi connectivity index (χ3n) is 2.02. The minimum Gasteiger partial charge on any atom is -0.490 e. The summed E-state index contributed by atoms with van der Waals surface area (Å²) in [7, 11) is 0. The van der Waals surface area contributed by atoms with E-state index in [-0.39, 0.29) is 18.5 Å². The van der Waals surface area contributed by atoms with Crippen LogP contribution in [-0.2, 0) is 10.9 Å². The standard InChI is InChI=1S/C10H9F3O2/c11-10(12,13)8-3-1-2-4-9(8)15-6-7-5-14-7/h1-4,7H,5-6H2. The Morgan fingerprint density at radius 1 is 1.33 bits per heavy atom. The topological polar surface area (TPSA) is 21.8 Å². The first-order chi connectivity index (χ1) is 7.07. The SMILES string of the molecule is FC(F)(F)c1ccccc1OCC1CO1. The summed E-state index contributed by atoms with van der Waals surface area (Å²) in [5.74, 6) is -0.138. The van der Waals surface area contributed by atoms with E-state index in [1.807, 2.05) is 0 Å². The zero-order valence-corrected chi connectivity index (χ0v) is 7.75. The highest BCUT2D eigenvalue weighted by molar-refractivity contribution is 5.35. The molecule has 2 rings (SSSR count). The maximum absolute atomic E-state index is 12.5. The number of rotatable bonds is 3. The van der Waals surface area contributed by atoms with Crippen molar-refractivity contribution in [2.75, 3.05) is 13.2 Å². The van der Waals surface area contributed by atoms with E-state index in [0.717, 1.165) is 6.07 Å². The molecule has 2 nitrogen and oxygen atoms in total. The Morgan fingerprint density at radius 3 is 2.60 bits per heavy atom. The molecule has 1 aromatic rings. The van der Waals surface area contributed by atoms with Gasteiger partial charge in [-0.3, -0.25) is 0 Å². The zero-order valence-electron chi connectivity index (χ0n) is 7.75. The van der Waals surface area contributed by atoms with E-state index in [2.05, 4.69) is 0 Å². The third kappa shape index (κ3) is 2.62. The van der Waals surface area contributed by atoms with Gasteiger partial charge in [-0.1, -0.05) is 12.1 Å². The lowest BCUT2D eigenvalue weighted by Crippen LogP contribution is -2.11. The van der Waals surface area contributed by atoms with E-state index < -0.39 is 11.7 Å². The van der Waals surface area contributed by atoms with Crippen LogP contribution >= 0.6 is 0 Å². The quantitative estimate of drug-likeness (QED) is 0.727. The number of alkyl halides is 3. The number of hydrogen-bond acceptors (Lipinski definition) is 2. The van der Waals surface area contributed by atoms with Crippen LogP contribution in [0.5, 0.6) is 5.75 Å². The molecule has 1 heterocycles. The van der Waals surface area contributed by atoms with Crippen LogP contribution < -0.4 is 4.74 Å². The number of epoxide rings is 1. The summed E-state index contributed by atoms with van der Waals surface area (Å²) < 4.78 is 47.3. The number of halogens is 3. The number of para-hydroxylation sites is 1. The Balaban J connectivity index is 2.13. The first kappa shape index (κ1) is 10.3. The van der Waals surface area contributed by atoms with Gasteiger partial charge in [-0.25, -0.2) is 0 Å². The average molecular weight is 218 g/mol. The molecule has 0 N–H and O–H groups in total. The highest BCUT2D eigenvalue weighted by Crippen LogP contribution is 2.36. The number of hydrogen-bond donors (Lipinski definition) is 0. The number of benzene rings is 1. The predicted molar refractivity (Wildman–Crippen MR) is 46.7 cm³/mol. The molecule has 1 aliphatic rings. The molecule has 0 aliphatic carbocycles. The van der Waals surface area contributed by atoms with Crippen molar-refractivity contribution >= 4 is 0 Å². The van der Waals surface area contributed by atoms with Crippen LogP contribution in [0.15, 0.2) is 24.3 Å². The molecule has 0 saturated carbocycles. The molecule has 82 valence electrons. The van der Waals surface area contributed by atoms with Gasteiger partial charge in [0.1, 0.15) is 18.5 Å². The first-order valence-electron chi connectivity index (χ1n) is 4.48. The van der Waals surface area contributed by atoms with Crippen LogP contribution in [0, 0.1) is 0 Å². The fraction of sp³-hybridized carbons (Fsp3) is 0.400. The van der Waals surface area contributed by atoms with Gasteiger partial charge in [0.2, 0.25) is 0 Å². The monoisotopic (exact) mass is 218 g/mol. The molecule has 15 heavy (non-hydrogen) atoms. The molecule has 0 spiro atoms. The lowest BCUT2D eigenvalue weighted by molar-refractivity contribution is -0.139. The van der Waals surface area contributed by atoms with Crippen molar-refractivity contribution in [3.63, 3.8) is 0 Å². The molecule has 1 aliphatic heterocycles. The van der Waals surface area contributed by atoms with E-state index in [1.54, 1.807) is 0 Å². The lowest BCUT2D eigenvalue weighted by atomic mass is 10.2. The molecule has 0 amide bonds.